The highest BCUT2D eigenvalue weighted by Crippen LogP contribution is 2.33. The molecule has 0 amide bonds. The molecule has 1 saturated heterocycles. The van der Waals surface area contributed by atoms with Crippen LogP contribution in [0.3, 0.4) is 0 Å². The second kappa shape index (κ2) is 6.58. The smallest absolute Gasteiger partial charge is 0.166 e. The summed E-state index contributed by atoms with van der Waals surface area (Å²) in [4.78, 5) is 3.86. The summed E-state index contributed by atoms with van der Waals surface area (Å²) in [5.41, 5.74) is 0.600. The first kappa shape index (κ1) is 15.2. The van der Waals surface area contributed by atoms with E-state index < -0.39 is 17.7 Å². The van der Waals surface area contributed by atoms with Gasteiger partial charge in [0.05, 0.1) is 6.20 Å². The highest BCUT2D eigenvalue weighted by molar-refractivity contribution is 6.30. The van der Waals surface area contributed by atoms with E-state index in [9.17, 15) is 8.78 Å². The van der Waals surface area contributed by atoms with Gasteiger partial charge < -0.3 is 10.1 Å². The van der Waals surface area contributed by atoms with Crippen molar-refractivity contribution in [2.24, 2.45) is 5.92 Å². The van der Waals surface area contributed by atoms with Crippen LogP contribution in [-0.4, -0.2) is 18.1 Å². The number of aromatic nitrogens is 1. The van der Waals surface area contributed by atoms with Crippen LogP contribution >= 0.6 is 11.6 Å². The van der Waals surface area contributed by atoms with Crippen LogP contribution in [0.5, 0.6) is 5.75 Å². The van der Waals surface area contributed by atoms with Crippen LogP contribution in [0.4, 0.5) is 8.78 Å². The molecule has 3 rings (SSSR count). The largest absolute Gasteiger partial charge is 0.482 e. The lowest BCUT2D eigenvalue weighted by molar-refractivity contribution is 0.137. The molecule has 116 valence electrons. The van der Waals surface area contributed by atoms with Crippen LogP contribution in [-0.2, 0) is 0 Å². The first-order valence-electron chi connectivity index (χ1n) is 7.06. The molecule has 3 nitrogen and oxygen atoms in total. The molecular formula is C16H15ClF2N2O. The van der Waals surface area contributed by atoms with Crippen LogP contribution in [0.2, 0.25) is 5.02 Å². The molecule has 2 aromatic rings. The van der Waals surface area contributed by atoms with Crippen LogP contribution in [0, 0.1) is 17.6 Å². The molecule has 1 N–H and O–H groups in total. The summed E-state index contributed by atoms with van der Waals surface area (Å²) in [6.45, 7) is 1.59. The SMILES string of the molecule is Fc1cncc(C(Oc2ccc(Cl)cc2F)C2CCNC2)c1. The monoisotopic (exact) mass is 324 g/mol. The van der Waals surface area contributed by atoms with Gasteiger partial charge in [-0.05, 0) is 37.2 Å². The van der Waals surface area contributed by atoms with Crippen molar-refractivity contribution in [3.05, 3.63) is 58.9 Å². The predicted molar refractivity (Wildman–Crippen MR) is 80.0 cm³/mol. The van der Waals surface area contributed by atoms with E-state index in [1.165, 1.54) is 18.2 Å². The van der Waals surface area contributed by atoms with Gasteiger partial charge in [0, 0.05) is 29.2 Å². The predicted octanol–water partition coefficient (Wildman–Crippen LogP) is 3.74. The second-order valence-corrected chi connectivity index (χ2v) is 5.74. The quantitative estimate of drug-likeness (QED) is 0.930. The minimum absolute atomic E-state index is 0.102. The molecule has 1 aliphatic heterocycles. The lowest BCUT2D eigenvalue weighted by Gasteiger charge is -2.25. The van der Waals surface area contributed by atoms with Crippen LogP contribution in [0.25, 0.3) is 0 Å². The third-order valence-electron chi connectivity index (χ3n) is 3.73. The molecule has 1 aromatic heterocycles. The van der Waals surface area contributed by atoms with Crippen molar-refractivity contribution >= 4 is 11.6 Å². The number of hydrogen-bond donors (Lipinski definition) is 1. The van der Waals surface area contributed by atoms with E-state index in [0.29, 0.717) is 10.6 Å². The van der Waals surface area contributed by atoms with E-state index in [0.717, 1.165) is 25.7 Å². The molecule has 0 aliphatic carbocycles. The third kappa shape index (κ3) is 3.36. The standard InChI is InChI=1S/C16H15ClF2N2O/c17-12-1-2-15(14(19)6-12)22-16(10-3-4-20-7-10)11-5-13(18)9-21-8-11/h1-2,5-6,8-10,16,20H,3-4,7H2. The molecule has 1 aromatic carbocycles. The molecule has 1 aliphatic rings. The molecule has 2 atom stereocenters. The number of nitrogens with zero attached hydrogens (tertiary/aromatic N) is 1. The Morgan fingerprint density at radius 2 is 2.14 bits per heavy atom. The number of nitrogens with one attached hydrogen (secondary N) is 1. The normalized spacial score (nSPS) is 19.1. The van der Waals surface area contributed by atoms with Crippen LogP contribution < -0.4 is 10.1 Å². The zero-order chi connectivity index (χ0) is 15.5. The fourth-order valence-corrected chi connectivity index (χ4v) is 2.82. The molecule has 2 unspecified atom stereocenters. The van der Waals surface area contributed by atoms with Crippen molar-refractivity contribution in [3.8, 4) is 5.75 Å². The van der Waals surface area contributed by atoms with E-state index in [1.54, 1.807) is 12.3 Å². The fourth-order valence-electron chi connectivity index (χ4n) is 2.66. The van der Waals surface area contributed by atoms with E-state index in [4.69, 9.17) is 16.3 Å². The second-order valence-electron chi connectivity index (χ2n) is 5.30. The molecule has 0 spiro atoms. The van der Waals surface area contributed by atoms with Crippen LogP contribution in [0.1, 0.15) is 18.1 Å². The van der Waals surface area contributed by atoms with Crippen molar-refractivity contribution in [2.75, 3.05) is 13.1 Å². The number of hydrogen-bond acceptors (Lipinski definition) is 3. The van der Waals surface area contributed by atoms with Gasteiger partial charge >= 0.3 is 0 Å². The highest BCUT2D eigenvalue weighted by Gasteiger charge is 2.29. The van der Waals surface area contributed by atoms with E-state index >= 15 is 0 Å². The van der Waals surface area contributed by atoms with E-state index in [1.807, 2.05) is 0 Å². The number of ether oxygens (including phenoxy) is 1. The average Bonchev–Trinajstić information content (AvgIpc) is 3.00. The first-order chi connectivity index (χ1) is 10.6. The van der Waals surface area contributed by atoms with Gasteiger partial charge in [-0.15, -0.1) is 0 Å². The minimum Gasteiger partial charge on any atom is -0.482 e. The molecule has 0 bridgehead atoms. The first-order valence-corrected chi connectivity index (χ1v) is 7.44. The Kier molecular flexibility index (Phi) is 4.55. The number of pyridine rings is 1. The van der Waals surface area contributed by atoms with Gasteiger partial charge in [0.25, 0.3) is 0 Å². The molecule has 1 fully saturated rings. The van der Waals surface area contributed by atoms with Gasteiger partial charge in [0.2, 0.25) is 0 Å². The molecule has 0 saturated carbocycles. The Labute approximate surface area is 132 Å². The van der Waals surface area contributed by atoms with Crippen molar-refractivity contribution in [1.29, 1.82) is 0 Å². The summed E-state index contributed by atoms with van der Waals surface area (Å²) in [6.07, 6.45) is 3.10. The lowest BCUT2D eigenvalue weighted by atomic mass is 9.96. The maximum atomic E-state index is 14.0. The van der Waals surface area contributed by atoms with Gasteiger partial charge in [-0.2, -0.15) is 0 Å². The lowest BCUT2D eigenvalue weighted by Crippen LogP contribution is -2.22. The van der Waals surface area contributed by atoms with Crippen molar-refractivity contribution < 1.29 is 13.5 Å². The molecule has 0 radical (unpaired) electrons. The summed E-state index contributed by atoms with van der Waals surface area (Å²) in [5.74, 6) is -0.745. The minimum atomic E-state index is -0.534. The molecule has 2 heterocycles. The average molecular weight is 325 g/mol. The fraction of sp³-hybridized carbons (Fsp3) is 0.312. The third-order valence-corrected chi connectivity index (χ3v) is 3.96. The number of rotatable bonds is 4. The Bertz CT molecular complexity index is 662. The Balaban J connectivity index is 1.91. The van der Waals surface area contributed by atoms with E-state index in [2.05, 4.69) is 10.3 Å². The van der Waals surface area contributed by atoms with Crippen LogP contribution in [0.15, 0.2) is 36.7 Å². The highest BCUT2D eigenvalue weighted by atomic mass is 35.5. The summed E-state index contributed by atoms with van der Waals surface area (Å²) in [5, 5.41) is 3.54. The summed E-state index contributed by atoms with van der Waals surface area (Å²) < 4.78 is 33.3. The summed E-state index contributed by atoms with van der Waals surface area (Å²) in [7, 11) is 0. The van der Waals surface area contributed by atoms with Crippen molar-refractivity contribution in [1.82, 2.24) is 10.3 Å². The Morgan fingerprint density at radius 1 is 1.27 bits per heavy atom. The number of halogens is 3. The molecule has 6 heteroatoms. The Hall–Kier alpha value is -1.72. The number of benzene rings is 1. The zero-order valence-corrected chi connectivity index (χ0v) is 12.5. The van der Waals surface area contributed by atoms with Gasteiger partial charge in [-0.25, -0.2) is 8.78 Å². The zero-order valence-electron chi connectivity index (χ0n) is 11.7. The van der Waals surface area contributed by atoms with Crippen molar-refractivity contribution in [3.63, 3.8) is 0 Å². The molecular weight excluding hydrogens is 310 g/mol. The van der Waals surface area contributed by atoms with Gasteiger partial charge in [0.15, 0.2) is 11.6 Å². The summed E-state index contributed by atoms with van der Waals surface area (Å²) in [6, 6.07) is 5.63. The van der Waals surface area contributed by atoms with Gasteiger partial charge in [-0.1, -0.05) is 11.6 Å². The maximum absolute atomic E-state index is 14.0. The summed E-state index contributed by atoms with van der Waals surface area (Å²) >= 11 is 5.75. The van der Waals surface area contributed by atoms with Gasteiger partial charge in [0.1, 0.15) is 11.9 Å². The van der Waals surface area contributed by atoms with Crippen molar-refractivity contribution in [2.45, 2.75) is 12.5 Å². The topological polar surface area (TPSA) is 34.1 Å². The Morgan fingerprint density at radius 3 is 2.82 bits per heavy atom. The molecule has 22 heavy (non-hydrogen) atoms. The maximum Gasteiger partial charge on any atom is 0.166 e. The van der Waals surface area contributed by atoms with Gasteiger partial charge in [-0.3, -0.25) is 4.98 Å². The van der Waals surface area contributed by atoms with E-state index in [-0.39, 0.29) is 11.7 Å².